The number of carbonyl (C=O) groups is 2. The summed E-state index contributed by atoms with van der Waals surface area (Å²) in [6.07, 6.45) is 4.12. The van der Waals surface area contributed by atoms with Crippen molar-refractivity contribution in [1.82, 2.24) is 0 Å². The van der Waals surface area contributed by atoms with Crippen molar-refractivity contribution in [3.63, 3.8) is 0 Å². The third-order valence-electron chi connectivity index (χ3n) is 8.08. The van der Waals surface area contributed by atoms with Gasteiger partial charge in [0.15, 0.2) is 0 Å². The highest BCUT2D eigenvalue weighted by Gasteiger charge is 2.31. The van der Waals surface area contributed by atoms with E-state index in [4.69, 9.17) is 23.7 Å². The quantitative estimate of drug-likeness (QED) is 0.0997. The van der Waals surface area contributed by atoms with Gasteiger partial charge in [-0.2, -0.15) is 0 Å². The van der Waals surface area contributed by atoms with Gasteiger partial charge in [-0.3, -0.25) is 4.79 Å². The molecule has 0 aromatic heterocycles. The van der Waals surface area contributed by atoms with Crippen molar-refractivity contribution in [2.45, 2.75) is 78.0 Å². The molecule has 0 amide bonds. The minimum absolute atomic E-state index is 0.0432. The van der Waals surface area contributed by atoms with Crippen molar-refractivity contribution < 1.29 is 38.4 Å². The fraction of sp³-hybridized carbons (Fsp3) is 0.500. The Kier molecular flexibility index (Phi) is 16.1. The number of rotatable bonds is 18. The zero-order valence-corrected chi connectivity index (χ0v) is 28.9. The summed E-state index contributed by atoms with van der Waals surface area (Å²) in [7, 11) is 1.64. The van der Waals surface area contributed by atoms with Gasteiger partial charge in [-0.25, -0.2) is 4.79 Å². The van der Waals surface area contributed by atoms with E-state index >= 15 is 0 Å². The summed E-state index contributed by atoms with van der Waals surface area (Å²) >= 11 is 2.21. The van der Waals surface area contributed by atoms with Gasteiger partial charge in [-0.1, -0.05) is 85.0 Å². The number of allylic oxidation sites excluding steroid dienone is 1. The summed E-state index contributed by atoms with van der Waals surface area (Å²) in [6, 6.07) is 17.7. The van der Waals surface area contributed by atoms with Crippen molar-refractivity contribution in [2.24, 2.45) is 17.8 Å². The number of ether oxygens (including phenoxy) is 5. The zero-order valence-electron chi connectivity index (χ0n) is 26.7. The second kappa shape index (κ2) is 19.7. The molecule has 1 saturated heterocycles. The summed E-state index contributed by atoms with van der Waals surface area (Å²) in [5.74, 6) is -0.116. The SMILES string of the molecule is COc1ccc(CO[C@@H](C[C@H](OC(=O)/C=C/CC2CC(=O)O[C@@H]([C@H](C)CO)C2)[C@H](C)COCc2ccccc2)/C(C)=C/I)cc1. The van der Waals surface area contributed by atoms with Crippen molar-refractivity contribution in [3.05, 3.63) is 87.5 Å². The smallest absolute Gasteiger partial charge is 0.330 e. The maximum absolute atomic E-state index is 13.1. The van der Waals surface area contributed by atoms with Crippen molar-refractivity contribution in [1.29, 1.82) is 0 Å². The number of methoxy groups -OCH3 is 1. The average molecular weight is 735 g/mol. The van der Waals surface area contributed by atoms with Crippen LogP contribution in [0, 0.1) is 17.8 Å². The molecule has 2 aromatic rings. The lowest BCUT2D eigenvalue weighted by molar-refractivity contribution is -0.161. The van der Waals surface area contributed by atoms with Gasteiger partial charge in [-0.15, -0.1) is 0 Å². The maximum atomic E-state index is 13.1. The molecule has 1 N–H and O–H groups in total. The molecule has 1 unspecified atom stereocenters. The van der Waals surface area contributed by atoms with Gasteiger partial charge in [0, 0.05) is 37.4 Å². The highest BCUT2D eigenvalue weighted by Crippen LogP contribution is 2.29. The molecule has 1 aliphatic rings. The van der Waals surface area contributed by atoms with Crippen LogP contribution in [0.4, 0.5) is 0 Å². The Hall–Kier alpha value is -2.73. The molecule has 0 bridgehead atoms. The van der Waals surface area contributed by atoms with E-state index in [-0.39, 0.29) is 42.5 Å². The molecule has 45 heavy (non-hydrogen) atoms. The first kappa shape index (κ1) is 36.7. The van der Waals surface area contributed by atoms with E-state index in [1.54, 1.807) is 13.2 Å². The summed E-state index contributed by atoms with van der Waals surface area (Å²) < 4.78 is 31.1. The van der Waals surface area contributed by atoms with Crippen LogP contribution in [0.5, 0.6) is 5.75 Å². The summed E-state index contributed by atoms with van der Waals surface area (Å²) in [5.41, 5.74) is 3.13. The van der Waals surface area contributed by atoms with Crippen LogP contribution in [0.15, 0.2) is 76.4 Å². The van der Waals surface area contributed by atoms with Gasteiger partial charge in [0.05, 0.1) is 33.0 Å². The van der Waals surface area contributed by atoms with Gasteiger partial charge in [0.2, 0.25) is 0 Å². The summed E-state index contributed by atoms with van der Waals surface area (Å²) in [5, 5.41) is 9.48. The standard InChI is InChI=1S/C36H47IO8/c1-25(20-37)32(43-24-29-13-15-31(41-4)16-14-29)19-34(27(3)22-42-23-28-9-6-5-7-10-28)44-35(39)12-8-11-30-17-33(26(2)21-38)45-36(40)18-30/h5-10,12-16,20,26-27,30,32-34,38H,11,17-19,21-24H2,1-4H3/b12-8+,25-20+/t26-,27-,30?,32+,33-,34+/m1/s1. The number of aliphatic hydroxyl groups excluding tert-OH is 1. The molecule has 1 fully saturated rings. The fourth-order valence-corrected chi connectivity index (χ4v) is 5.53. The van der Waals surface area contributed by atoms with Crippen molar-refractivity contribution >= 4 is 34.5 Å². The Balaban J connectivity index is 1.66. The number of hydrogen-bond donors (Lipinski definition) is 1. The number of benzene rings is 2. The van der Waals surface area contributed by atoms with Crippen LogP contribution in [0.1, 0.15) is 57.6 Å². The van der Waals surface area contributed by atoms with E-state index in [0.717, 1.165) is 22.4 Å². The molecule has 1 aliphatic heterocycles. The predicted octanol–water partition coefficient (Wildman–Crippen LogP) is 6.97. The lowest BCUT2D eigenvalue weighted by Gasteiger charge is -2.31. The molecule has 0 spiro atoms. The second-order valence-electron chi connectivity index (χ2n) is 11.8. The topological polar surface area (TPSA) is 101 Å². The molecule has 2 aromatic carbocycles. The Bertz CT molecular complexity index is 1230. The van der Waals surface area contributed by atoms with Gasteiger partial charge in [0.1, 0.15) is 18.0 Å². The molecule has 9 heteroatoms. The third kappa shape index (κ3) is 12.9. The van der Waals surface area contributed by atoms with Crippen LogP contribution in [0.25, 0.3) is 0 Å². The molecule has 0 aliphatic carbocycles. The van der Waals surface area contributed by atoms with E-state index in [1.807, 2.05) is 79.5 Å². The van der Waals surface area contributed by atoms with Gasteiger partial charge in [-0.05, 0) is 58.6 Å². The molecular formula is C36H47IO8. The van der Waals surface area contributed by atoms with Crippen LogP contribution in [-0.4, -0.2) is 55.7 Å². The van der Waals surface area contributed by atoms with E-state index in [9.17, 15) is 14.7 Å². The predicted molar refractivity (Wildman–Crippen MR) is 182 cm³/mol. The molecule has 0 radical (unpaired) electrons. The highest BCUT2D eigenvalue weighted by molar-refractivity contribution is 14.1. The fourth-order valence-electron chi connectivity index (χ4n) is 5.13. The van der Waals surface area contributed by atoms with Crippen LogP contribution >= 0.6 is 22.6 Å². The second-order valence-corrected chi connectivity index (χ2v) is 12.4. The minimum atomic E-state index is -0.468. The number of hydrogen-bond acceptors (Lipinski definition) is 8. The molecule has 3 rings (SSSR count). The number of cyclic esters (lactones) is 1. The molecular weight excluding hydrogens is 687 g/mol. The van der Waals surface area contributed by atoms with Crippen molar-refractivity contribution in [3.8, 4) is 5.75 Å². The monoisotopic (exact) mass is 734 g/mol. The first-order valence-electron chi connectivity index (χ1n) is 15.5. The molecule has 1 heterocycles. The van der Waals surface area contributed by atoms with E-state index in [2.05, 4.69) is 22.6 Å². The molecule has 0 saturated carbocycles. The van der Waals surface area contributed by atoms with Gasteiger partial charge < -0.3 is 28.8 Å². The van der Waals surface area contributed by atoms with Crippen molar-refractivity contribution in [2.75, 3.05) is 20.3 Å². The number of aliphatic hydroxyl groups is 1. The Morgan fingerprint density at radius 2 is 1.80 bits per heavy atom. The largest absolute Gasteiger partial charge is 0.497 e. The summed E-state index contributed by atoms with van der Waals surface area (Å²) in [6.45, 7) is 7.13. The van der Waals surface area contributed by atoms with Crippen LogP contribution in [0.3, 0.4) is 0 Å². The zero-order chi connectivity index (χ0) is 32.6. The highest BCUT2D eigenvalue weighted by atomic mass is 127. The summed E-state index contributed by atoms with van der Waals surface area (Å²) in [4.78, 5) is 25.2. The van der Waals surface area contributed by atoms with Gasteiger partial charge >= 0.3 is 11.9 Å². The molecule has 246 valence electrons. The molecule has 6 atom stereocenters. The number of esters is 2. The number of carbonyl (C=O) groups excluding carboxylic acids is 2. The third-order valence-corrected chi connectivity index (χ3v) is 9.06. The van der Waals surface area contributed by atoms with E-state index < -0.39 is 12.1 Å². The van der Waals surface area contributed by atoms with Crippen LogP contribution in [0.2, 0.25) is 0 Å². The lowest BCUT2D eigenvalue weighted by Crippen LogP contribution is -2.35. The lowest BCUT2D eigenvalue weighted by atomic mass is 9.87. The minimum Gasteiger partial charge on any atom is -0.497 e. The maximum Gasteiger partial charge on any atom is 0.330 e. The first-order valence-corrected chi connectivity index (χ1v) is 16.8. The average Bonchev–Trinajstić information content (AvgIpc) is 3.05. The first-order chi connectivity index (χ1) is 21.7. The Morgan fingerprint density at radius 1 is 1.09 bits per heavy atom. The van der Waals surface area contributed by atoms with Crippen LogP contribution in [-0.2, 0) is 41.8 Å². The molecule has 8 nitrogen and oxygen atoms in total. The normalized spacial score (nSPS) is 19.9. The van der Waals surface area contributed by atoms with Gasteiger partial charge in [0.25, 0.3) is 0 Å². The Labute approximate surface area is 281 Å². The Morgan fingerprint density at radius 3 is 2.47 bits per heavy atom. The van der Waals surface area contributed by atoms with E-state index in [1.165, 1.54) is 6.08 Å². The van der Waals surface area contributed by atoms with E-state index in [0.29, 0.717) is 45.5 Å². The van der Waals surface area contributed by atoms with Crippen LogP contribution < -0.4 is 4.74 Å². The number of halogens is 1.